The third kappa shape index (κ3) is 5.67. The lowest BCUT2D eigenvalue weighted by atomic mass is 9.92. The number of thiocarbonyl (C=S) groups is 1. The quantitative estimate of drug-likeness (QED) is 0.560. The second-order valence-corrected chi connectivity index (χ2v) is 9.00. The molecule has 6 heteroatoms. The molecule has 3 rings (SSSR count). The van der Waals surface area contributed by atoms with Gasteiger partial charge in [-0.2, -0.15) is 0 Å². The first-order chi connectivity index (χ1) is 13.4. The van der Waals surface area contributed by atoms with Gasteiger partial charge in [0.05, 0.1) is 0 Å². The largest absolute Gasteiger partial charge is 0.362 e. The Hall–Kier alpha value is -1.66. The van der Waals surface area contributed by atoms with E-state index in [1.165, 1.54) is 19.5 Å². The van der Waals surface area contributed by atoms with Gasteiger partial charge < -0.3 is 20.4 Å². The molecule has 28 heavy (non-hydrogen) atoms. The highest BCUT2D eigenvalue weighted by Crippen LogP contribution is 2.27. The van der Waals surface area contributed by atoms with Gasteiger partial charge in [-0.3, -0.25) is 4.79 Å². The zero-order valence-electron chi connectivity index (χ0n) is 17.5. The second-order valence-electron chi connectivity index (χ2n) is 8.59. The summed E-state index contributed by atoms with van der Waals surface area (Å²) < 4.78 is 0. The molecule has 0 unspecified atom stereocenters. The number of hydrogen-bond acceptors (Lipinski definition) is 3. The highest BCUT2D eigenvalue weighted by atomic mass is 32.1. The first-order valence-electron chi connectivity index (χ1n) is 10.6. The number of piperidine rings is 1. The minimum atomic E-state index is 0.221. The van der Waals surface area contributed by atoms with Crippen molar-refractivity contribution in [3.05, 3.63) is 23.8 Å². The average molecular weight is 403 g/mol. The number of likely N-dealkylation sites (tertiary alicyclic amines) is 1. The first-order valence-corrected chi connectivity index (χ1v) is 11.0. The van der Waals surface area contributed by atoms with Crippen LogP contribution in [0.3, 0.4) is 0 Å². The maximum absolute atomic E-state index is 12.0. The molecule has 154 valence electrons. The monoisotopic (exact) mass is 402 g/mol. The number of rotatable bonds is 6. The number of carbonyl (C=O) groups is 1. The number of amides is 1. The number of hydrogen-bond donors (Lipinski definition) is 2. The molecule has 2 saturated heterocycles. The Morgan fingerprint density at radius 2 is 2.00 bits per heavy atom. The average Bonchev–Trinajstić information content (AvgIpc) is 3.04. The molecule has 0 saturated carbocycles. The lowest BCUT2D eigenvalue weighted by Crippen LogP contribution is -2.40. The van der Waals surface area contributed by atoms with Crippen LogP contribution in [0.25, 0.3) is 0 Å². The van der Waals surface area contributed by atoms with Crippen LogP contribution < -0.4 is 15.5 Å². The molecule has 1 aromatic carbocycles. The molecule has 2 atom stereocenters. The van der Waals surface area contributed by atoms with Crippen molar-refractivity contribution in [1.82, 2.24) is 10.2 Å². The van der Waals surface area contributed by atoms with Crippen molar-refractivity contribution in [2.45, 2.75) is 46.5 Å². The van der Waals surface area contributed by atoms with E-state index in [2.05, 4.69) is 35.4 Å². The van der Waals surface area contributed by atoms with Crippen LogP contribution >= 0.6 is 12.2 Å². The van der Waals surface area contributed by atoms with E-state index in [0.29, 0.717) is 11.5 Å². The molecule has 0 radical (unpaired) electrons. The molecule has 0 bridgehead atoms. The van der Waals surface area contributed by atoms with Gasteiger partial charge in [0.25, 0.3) is 0 Å². The minimum absolute atomic E-state index is 0.221. The summed E-state index contributed by atoms with van der Waals surface area (Å²) in [6.45, 7) is 12.0. The molecule has 5 nitrogen and oxygen atoms in total. The van der Waals surface area contributed by atoms with E-state index in [9.17, 15) is 4.79 Å². The summed E-state index contributed by atoms with van der Waals surface area (Å²) >= 11 is 5.45. The van der Waals surface area contributed by atoms with Gasteiger partial charge in [0.2, 0.25) is 5.91 Å². The van der Waals surface area contributed by atoms with Crippen LogP contribution in [0.1, 0.15) is 45.1 Å². The van der Waals surface area contributed by atoms with Gasteiger partial charge in [-0.05, 0) is 80.5 Å². The Kier molecular flexibility index (Phi) is 7.30. The van der Waals surface area contributed by atoms with Gasteiger partial charge >= 0.3 is 0 Å². The highest BCUT2D eigenvalue weighted by molar-refractivity contribution is 7.80. The van der Waals surface area contributed by atoms with Gasteiger partial charge in [0.15, 0.2) is 5.11 Å². The summed E-state index contributed by atoms with van der Waals surface area (Å²) in [7, 11) is 0. The minimum Gasteiger partial charge on any atom is -0.362 e. The SMILES string of the molecule is Cc1cc(NC(=S)NCCCN2C[C@@H](C)C[C@H](C)C2)ccc1N1CCCC1=O. The van der Waals surface area contributed by atoms with Gasteiger partial charge in [-0.1, -0.05) is 13.8 Å². The van der Waals surface area contributed by atoms with Gasteiger partial charge in [0.1, 0.15) is 0 Å². The van der Waals surface area contributed by atoms with Crippen molar-refractivity contribution in [2.75, 3.05) is 42.9 Å². The van der Waals surface area contributed by atoms with Crippen molar-refractivity contribution in [3.63, 3.8) is 0 Å². The van der Waals surface area contributed by atoms with E-state index in [1.807, 2.05) is 24.0 Å². The molecule has 1 aromatic rings. The molecule has 1 amide bonds. The number of benzene rings is 1. The van der Waals surface area contributed by atoms with Crippen molar-refractivity contribution in [1.29, 1.82) is 0 Å². The predicted octanol–water partition coefficient (Wildman–Crippen LogP) is 3.78. The highest BCUT2D eigenvalue weighted by Gasteiger charge is 2.23. The van der Waals surface area contributed by atoms with E-state index < -0.39 is 0 Å². The molecule has 2 aliphatic heterocycles. The van der Waals surface area contributed by atoms with Crippen LogP contribution in [-0.2, 0) is 4.79 Å². The molecular weight excluding hydrogens is 368 g/mol. The van der Waals surface area contributed by atoms with E-state index in [4.69, 9.17) is 12.2 Å². The smallest absolute Gasteiger partial charge is 0.227 e. The molecule has 0 aliphatic carbocycles. The summed E-state index contributed by atoms with van der Waals surface area (Å²) in [6, 6.07) is 6.08. The normalized spacial score (nSPS) is 23.1. The predicted molar refractivity (Wildman–Crippen MR) is 121 cm³/mol. The van der Waals surface area contributed by atoms with Gasteiger partial charge in [-0.25, -0.2) is 0 Å². The summed E-state index contributed by atoms with van der Waals surface area (Å²) in [5.41, 5.74) is 3.07. The second kappa shape index (κ2) is 9.70. The van der Waals surface area contributed by atoms with Crippen LogP contribution in [0.2, 0.25) is 0 Å². The molecule has 2 aliphatic rings. The molecular formula is C22H34N4OS. The van der Waals surface area contributed by atoms with Crippen LogP contribution in [0.4, 0.5) is 11.4 Å². The number of nitrogens with one attached hydrogen (secondary N) is 2. The van der Waals surface area contributed by atoms with E-state index in [0.717, 1.165) is 61.2 Å². The fraction of sp³-hybridized carbons (Fsp3) is 0.636. The maximum Gasteiger partial charge on any atom is 0.227 e. The Bertz CT molecular complexity index is 698. The lowest BCUT2D eigenvalue weighted by Gasteiger charge is -2.35. The van der Waals surface area contributed by atoms with Crippen LogP contribution in [0, 0.1) is 18.8 Å². The third-order valence-electron chi connectivity index (χ3n) is 5.70. The number of nitrogens with zero attached hydrogens (tertiary/aromatic N) is 2. The number of aryl methyl sites for hydroxylation is 1. The zero-order chi connectivity index (χ0) is 20.1. The molecule has 0 spiro atoms. The summed E-state index contributed by atoms with van der Waals surface area (Å²) in [5.74, 6) is 1.83. The zero-order valence-corrected chi connectivity index (χ0v) is 18.3. The maximum atomic E-state index is 12.0. The summed E-state index contributed by atoms with van der Waals surface area (Å²) in [5, 5.41) is 7.24. The van der Waals surface area contributed by atoms with E-state index in [-0.39, 0.29) is 5.91 Å². The van der Waals surface area contributed by atoms with Crippen LogP contribution in [0.5, 0.6) is 0 Å². The first kappa shape index (κ1) is 21.1. The molecule has 0 aromatic heterocycles. The topological polar surface area (TPSA) is 47.6 Å². The third-order valence-corrected chi connectivity index (χ3v) is 5.95. The van der Waals surface area contributed by atoms with Crippen LogP contribution in [0.15, 0.2) is 18.2 Å². The van der Waals surface area contributed by atoms with Crippen molar-refractivity contribution < 1.29 is 4.79 Å². The van der Waals surface area contributed by atoms with Crippen LogP contribution in [-0.4, -0.2) is 48.6 Å². The standard InChI is InChI=1S/C22H34N4OS/c1-16-12-17(2)15-25(14-16)10-5-9-23-22(28)24-19-7-8-20(18(3)13-19)26-11-4-6-21(26)27/h7-8,13,16-17H,4-6,9-12,14-15H2,1-3H3,(H2,23,24,28)/t16-,17-/m0/s1. The van der Waals surface area contributed by atoms with Crippen molar-refractivity contribution >= 4 is 34.6 Å². The Labute approximate surface area is 174 Å². The molecule has 2 fully saturated rings. The fourth-order valence-corrected chi connectivity index (χ4v) is 4.81. The Balaban J connectivity index is 1.41. The van der Waals surface area contributed by atoms with Gasteiger partial charge in [-0.15, -0.1) is 0 Å². The Morgan fingerprint density at radius 1 is 1.25 bits per heavy atom. The summed E-state index contributed by atoms with van der Waals surface area (Å²) in [6.07, 6.45) is 4.05. The van der Waals surface area contributed by atoms with Crippen molar-refractivity contribution in [2.24, 2.45) is 11.8 Å². The number of carbonyl (C=O) groups excluding carboxylic acids is 1. The van der Waals surface area contributed by atoms with Gasteiger partial charge in [0, 0.05) is 44.0 Å². The van der Waals surface area contributed by atoms with E-state index >= 15 is 0 Å². The lowest BCUT2D eigenvalue weighted by molar-refractivity contribution is -0.117. The molecule has 2 heterocycles. The Morgan fingerprint density at radius 3 is 2.64 bits per heavy atom. The summed E-state index contributed by atoms with van der Waals surface area (Å²) in [4.78, 5) is 16.4. The molecule has 2 N–H and O–H groups in total. The fourth-order valence-electron chi connectivity index (χ4n) is 4.59. The number of anilines is 2. The van der Waals surface area contributed by atoms with Crippen molar-refractivity contribution in [3.8, 4) is 0 Å². The van der Waals surface area contributed by atoms with E-state index in [1.54, 1.807) is 0 Å².